The third kappa shape index (κ3) is 6.70. The van der Waals surface area contributed by atoms with Crippen molar-refractivity contribution in [3.63, 3.8) is 0 Å². The molecule has 1 heterocycles. The Kier molecular flexibility index (Phi) is 9.01. The third-order valence-electron chi connectivity index (χ3n) is 4.71. The predicted octanol–water partition coefficient (Wildman–Crippen LogP) is 4.69. The quantitative estimate of drug-likeness (QED) is 0.448. The van der Waals surface area contributed by atoms with Crippen molar-refractivity contribution in [2.75, 3.05) is 13.2 Å². The molecule has 1 aliphatic heterocycles. The van der Waals surface area contributed by atoms with E-state index in [1.165, 1.54) is 30.6 Å². The van der Waals surface area contributed by atoms with Crippen LogP contribution < -0.4 is 0 Å². The monoisotopic (exact) mass is 361 g/mol. The van der Waals surface area contributed by atoms with E-state index in [2.05, 4.69) is 6.92 Å². The van der Waals surface area contributed by atoms with Gasteiger partial charge in [-0.05, 0) is 24.8 Å². The number of hydrogen-bond acceptors (Lipinski definition) is 4. The highest BCUT2D eigenvalue weighted by molar-refractivity contribution is 5.82. The molecule has 5 nitrogen and oxygen atoms in total. The zero-order valence-electron chi connectivity index (χ0n) is 15.8. The number of esters is 1. The summed E-state index contributed by atoms with van der Waals surface area (Å²) in [4.78, 5) is 26.1. The largest absolute Gasteiger partial charge is 0.464 e. The minimum atomic E-state index is -0.502. The second kappa shape index (κ2) is 11.6. The Morgan fingerprint density at radius 1 is 1.04 bits per heavy atom. The molecule has 0 saturated carbocycles. The number of ether oxygens (including phenoxy) is 2. The minimum absolute atomic E-state index is 0.218. The van der Waals surface area contributed by atoms with Crippen molar-refractivity contribution in [1.82, 2.24) is 4.90 Å². The summed E-state index contributed by atoms with van der Waals surface area (Å²) in [6, 6.07) is 9.04. The van der Waals surface area contributed by atoms with Crippen molar-refractivity contribution in [3.8, 4) is 0 Å². The molecule has 26 heavy (non-hydrogen) atoms. The van der Waals surface area contributed by atoms with Gasteiger partial charge in [0, 0.05) is 6.54 Å². The molecule has 0 spiro atoms. The fourth-order valence-corrected chi connectivity index (χ4v) is 3.18. The fourth-order valence-electron chi connectivity index (χ4n) is 3.18. The zero-order chi connectivity index (χ0) is 18.6. The van der Waals surface area contributed by atoms with Crippen LogP contribution in [0.1, 0.15) is 63.9 Å². The van der Waals surface area contributed by atoms with Gasteiger partial charge in [-0.3, -0.25) is 4.90 Å². The number of carbonyl (C=O) groups is 2. The van der Waals surface area contributed by atoms with E-state index in [4.69, 9.17) is 9.47 Å². The first-order valence-electron chi connectivity index (χ1n) is 9.86. The van der Waals surface area contributed by atoms with Gasteiger partial charge in [0.1, 0.15) is 12.6 Å². The van der Waals surface area contributed by atoms with E-state index < -0.39 is 12.1 Å². The van der Waals surface area contributed by atoms with E-state index in [-0.39, 0.29) is 12.6 Å². The molecule has 0 aliphatic carbocycles. The first-order valence-corrected chi connectivity index (χ1v) is 9.86. The van der Waals surface area contributed by atoms with Gasteiger partial charge in [0.15, 0.2) is 0 Å². The molecule has 0 N–H and O–H groups in total. The highest BCUT2D eigenvalue weighted by Crippen LogP contribution is 2.20. The molecule has 1 amide bonds. The lowest BCUT2D eigenvalue weighted by atomic mass is 10.1. The summed E-state index contributed by atoms with van der Waals surface area (Å²) in [6.45, 7) is 3.40. The summed E-state index contributed by atoms with van der Waals surface area (Å²) in [5, 5.41) is 0. The topological polar surface area (TPSA) is 55.8 Å². The molecule has 1 atom stereocenters. The molecule has 0 aromatic heterocycles. The van der Waals surface area contributed by atoms with E-state index in [1.807, 2.05) is 30.3 Å². The number of hydrogen-bond donors (Lipinski definition) is 0. The van der Waals surface area contributed by atoms with Gasteiger partial charge in [-0.15, -0.1) is 0 Å². The summed E-state index contributed by atoms with van der Waals surface area (Å²) >= 11 is 0. The molecular formula is C21H31NO4. The van der Waals surface area contributed by atoms with Crippen LogP contribution in [0.4, 0.5) is 4.79 Å². The number of benzene rings is 1. The van der Waals surface area contributed by atoms with Gasteiger partial charge < -0.3 is 9.47 Å². The van der Waals surface area contributed by atoms with Crippen LogP contribution in [0.3, 0.4) is 0 Å². The van der Waals surface area contributed by atoms with Crippen LogP contribution in [-0.4, -0.2) is 36.2 Å². The molecule has 1 aliphatic rings. The lowest BCUT2D eigenvalue weighted by Crippen LogP contribution is -2.41. The van der Waals surface area contributed by atoms with Gasteiger partial charge in [-0.25, -0.2) is 9.59 Å². The summed E-state index contributed by atoms with van der Waals surface area (Å²) in [6.07, 6.45) is 7.91. The van der Waals surface area contributed by atoms with Gasteiger partial charge in [0.05, 0.1) is 6.61 Å². The van der Waals surface area contributed by atoms with Crippen LogP contribution in [0.15, 0.2) is 30.3 Å². The average molecular weight is 361 g/mol. The van der Waals surface area contributed by atoms with E-state index in [0.29, 0.717) is 19.6 Å². The summed E-state index contributed by atoms with van der Waals surface area (Å²) in [7, 11) is 0. The second-order valence-corrected chi connectivity index (χ2v) is 6.83. The Labute approximate surface area is 156 Å². The number of amides is 1. The molecule has 0 bridgehead atoms. The van der Waals surface area contributed by atoms with Crippen LogP contribution in [-0.2, 0) is 20.9 Å². The summed E-state index contributed by atoms with van der Waals surface area (Å²) in [5.74, 6) is -0.298. The maximum atomic E-state index is 12.3. The number of rotatable bonds is 10. The normalized spacial score (nSPS) is 16.5. The van der Waals surface area contributed by atoms with Crippen molar-refractivity contribution in [2.24, 2.45) is 0 Å². The van der Waals surface area contributed by atoms with E-state index in [1.54, 1.807) is 0 Å². The molecule has 1 unspecified atom stereocenters. The second-order valence-electron chi connectivity index (χ2n) is 6.83. The van der Waals surface area contributed by atoms with Gasteiger partial charge >= 0.3 is 12.1 Å². The Bertz CT molecular complexity index is 546. The van der Waals surface area contributed by atoms with Gasteiger partial charge in [-0.1, -0.05) is 69.4 Å². The third-order valence-corrected chi connectivity index (χ3v) is 4.71. The summed E-state index contributed by atoms with van der Waals surface area (Å²) in [5.41, 5.74) is 0.933. The molecule has 5 heteroatoms. The molecule has 1 aromatic rings. The zero-order valence-corrected chi connectivity index (χ0v) is 15.8. The Morgan fingerprint density at radius 3 is 2.54 bits per heavy atom. The van der Waals surface area contributed by atoms with Crippen molar-refractivity contribution >= 4 is 12.1 Å². The first kappa shape index (κ1) is 20.3. The van der Waals surface area contributed by atoms with E-state index in [9.17, 15) is 9.59 Å². The highest BCUT2D eigenvalue weighted by Gasteiger charge is 2.36. The Balaban J connectivity index is 1.68. The number of likely N-dealkylation sites (tertiary alicyclic amines) is 1. The lowest BCUT2D eigenvalue weighted by Gasteiger charge is -2.22. The van der Waals surface area contributed by atoms with Crippen LogP contribution in [0.5, 0.6) is 0 Å². The smallest absolute Gasteiger partial charge is 0.410 e. The van der Waals surface area contributed by atoms with Crippen LogP contribution in [0.2, 0.25) is 0 Å². The molecule has 1 fully saturated rings. The van der Waals surface area contributed by atoms with Crippen molar-refractivity contribution < 1.29 is 19.1 Å². The Morgan fingerprint density at radius 2 is 1.77 bits per heavy atom. The van der Waals surface area contributed by atoms with Crippen molar-refractivity contribution in [1.29, 1.82) is 0 Å². The molecule has 0 radical (unpaired) electrons. The molecule has 2 rings (SSSR count). The van der Waals surface area contributed by atoms with E-state index >= 15 is 0 Å². The molecular weight excluding hydrogens is 330 g/mol. The average Bonchev–Trinajstić information content (AvgIpc) is 3.16. The Hall–Kier alpha value is -2.04. The van der Waals surface area contributed by atoms with Gasteiger partial charge in [-0.2, -0.15) is 0 Å². The van der Waals surface area contributed by atoms with Crippen LogP contribution in [0, 0.1) is 0 Å². The maximum absolute atomic E-state index is 12.3. The van der Waals surface area contributed by atoms with E-state index in [0.717, 1.165) is 24.8 Å². The minimum Gasteiger partial charge on any atom is -0.464 e. The molecule has 144 valence electrons. The fraction of sp³-hybridized carbons (Fsp3) is 0.619. The number of nitrogens with zero attached hydrogens (tertiary/aromatic N) is 1. The number of carbonyl (C=O) groups excluding carboxylic acids is 2. The van der Waals surface area contributed by atoms with Gasteiger partial charge in [0.25, 0.3) is 0 Å². The highest BCUT2D eigenvalue weighted by atomic mass is 16.6. The molecule has 1 aromatic carbocycles. The van der Waals surface area contributed by atoms with Crippen LogP contribution >= 0.6 is 0 Å². The first-order chi connectivity index (χ1) is 12.7. The van der Waals surface area contributed by atoms with Crippen LogP contribution in [0.25, 0.3) is 0 Å². The van der Waals surface area contributed by atoms with Crippen molar-refractivity contribution in [2.45, 2.75) is 70.9 Å². The maximum Gasteiger partial charge on any atom is 0.410 e. The molecule has 1 saturated heterocycles. The predicted molar refractivity (Wildman–Crippen MR) is 101 cm³/mol. The standard InChI is InChI=1S/C21H31NO4/c1-2-3-4-5-6-10-16-25-20(23)19-14-11-15-22(19)21(24)26-17-18-12-8-7-9-13-18/h7-9,12-13,19H,2-6,10-11,14-17H2,1H3. The van der Waals surface area contributed by atoms with Gasteiger partial charge in [0.2, 0.25) is 0 Å². The lowest BCUT2D eigenvalue weighted by molar-refractivity contribution is -0.148. The number of unbranched alkanes of at least 4 members (excludes halogenated alkanes) is 5. The SMILES string of the molecule is CCCCCCCCOC(=O)C1CCCN1C(=O)OCc1ccccc1. The van der Waals surface area contributed by atoms with Crippen molar-refractivity contribution in [3.05, 3.63) is 35.9 Å². The summed E-state index contributed by atoms with van der Waals surface area (Å²) < 4.78 is 10.7.